The Kier molecular flexibility index (Phi) is 2.46. The quantitative estimate of drug-likeness (QED) is 0.406. The zero-order valence-electron chi connectivity index (χ0n) is 11.0. The Bertz CT molecular complexity index is 451. The number of fused-ring (bicyclic) bond motifs is 2. The molecule has 5 atom stereocenters. The summed E-state index contributed by atoms with van der Waals surface area (Å²) in [6.45, 7) is 8.13. The van der Waals surface area contributed by atoms with Gasteiger partial charge < -0.3 is 9.84 Å². The number of hydrogen-bond acceptors (Lipinski definition) is 3. The SMILES string of the molecule is C=C1C(=O)O[C@@H]2CC3=CCCC(C)[C@@]3(C)C(O)[C@H]12. The molecule has 3 aliphatic rings. The average molecular weight is 248 g/mol. The minimum Gasteiger partial charge on any atom is -0.458 e. The van der Waals surface area contributed by atoms with Crippen molar-refractivity contribution in [2.75, 3.05) is 0 Å². The van der Waals surface area contributed by atoms with Crippen molar-refractivity contribution in [1.82, 2.24) is 0 Å². The lowest BCUT2D eigenvalue weighted by molar-refractivity contribution is -0.141. The fraction of sp³-hybridized carbons (Fsp3) is 0.667. The van der Waals surface area contributed by atoms with Gasteiger partial charge >= 0.3 is 5.97 Å². The number of carbonyl (C=O) groups excluding carboxylic acids is 1. The number of hydrogen-bond donors (Lipinski definition) is 1. The standard InChI is InChI=1S/C15H20O3/c1-8-5-4-6-10-7-11-12(9(2)14(17)18-11)13(16)15(8,10)3/h6,8,11-13,16H,2,4-5,7H2,1,3H3/t8?,11-,12-,13?,15-/m1/s1. The molecule has 3 rings (SSSR count). The van der Waals surface area contributed by atoms with Crippen LogP contribution in [0, 0.1) is 17.3 Å². The van der Waals surface area contributed by atoms with Crippen molar-refractivity contribution >= 4 is 5.97 Å². The lowest BCUT2D eigenvalue weighted by Gasteiger charge is -2.51. The predicted molar refractivity (Wildman–Crippen MR) is 67.7 cm³/mol. The molecule has 2 aliphatic carbocycles. The first-order valence-corrected chi connectivity index (χ1v) is 6.73. The van der Waals surface area contributed by atoms with Gasteiger partial charge in [-0.25, -0.2) is 4.79 Å². The van der Waals surface area contributed by atoms with Crippen LogP contribution in [0.1, 0.15) is 33.1 Å². The van der Waals surface area contributed by atoms with Gasteiger partial charge in [0.15, 0.2) is 0 Å². The van der Waals surface area contributed by atoms with Gasteiger partial charge in [-0.15, -0.1) is 0 Å². The van der Waals surface area contributed by atoms with Crippen LogP contribution in [0.3, 0.4) is 0 Å². The Morgan fingerprint density at radius 1 is 1.56 bits per heavy atom. The molecule has 0 bridgehead atoms. The normalized spacial score (nSPS) is 47.2. The number of rotatable bonds is 0. The molecule has 1 N–H and O–H groups in total. The van der Waals surface area contributed by atoms with Gasteiger partial charge in [0, 0.05) is 17.4 Å². The predicted octanol–water partition coefficient (Wildman–Crippen LogP) is 2.21. The highest BCUT2D eigenvalue weighted by atomic mass is 16.6. The second kappa shape index (κ2) is 3.70. The molecule has 0 aromatic carbocycles. The van der Waals surface area contributed by atoms with Gasteiger partial charge in [0.1, 0.15) is 6.10 Å². The third-order valence-corrected chi connectivity index (χ3v) is 5.41. The summed E-state index contributed by atoms with van der Waals surface area (Å²) >= 11 is 0. The molecular weight excluding hydrogens is 228 g/mol. The summed E-state index contributed by atoms with van der Waals surface area (Å²) in [5, 5.41) is 10.8. The van der Waals surface area contributed by atoms with E-state index in [2.05, 4.69) is 26.5 Å². The molecule has 1 heterocycles. The summed E-state index contributed by atoms with van der Waals surface area (Å²) in [5.74, 6) is -0.128. The molecule has 18 heavy (non-hydrogen) atoms. The van der Waals surface area contributed by atoms with Crippen molar-refractivity contribution in [2.24, 2.45) is 17.3 Å². The molecule has 3 nitrogen and oxygen atoms in total. The third-order valence-electron chi connectivity index (χ3n) is 5.41. The van der Waals surface area contributed by atoms with Crippen LogP contribution in [0.2, 0.25) is 0 Å². The minimum atomic E-state index is -0.559. The number of allylic oxidation sites excluding steroid dienone is 1. The van der Waals surface area contributed by atoms with E-state index in [0.29, 0.717) is 11.5 Å². The van der Waals surface area contributed by atoms with Crippen molar-refractivity contribution in [3.63, 3.8) is 0 Å². The van der Waals surface area contributed by atoms with E-state index in [-0.39, 0.29) is 23.4 Å². The number of aliphatic hydroxyl groups excluding tert-OH is 1. The number of carbonyl (C=O) groups is 1. The molecule has 2 fully saturated rings. The van der Waals surface area contributed by atoms with Crippen molar-refractivity contribution in [2.45, 2.75) is 45.3 Å². The maximum Gasteiger partial charge on any atom is 0.334 e. The lowest BCUT2D eigenvalue weighted by Crippen LogP contribution is -2.52. The summed E-state index contributed by atoms with van der Waals surface area (Å²) < 4.78 is 5.34. The van der Waals surface area contributed by atoms with Crippen LogP contribution in [-0.2, 0) is 9.53 Å². The van der Waals surface area contributed by atoms with Gasteiger partial charge in [0.25, 0.3) is 0 Å². The lowest BCUT2D eigenvalue weighted by atomic mass is 9.55. The van der Waals surface area contributed by atoms with Crippen LogP contribution < -0.4 is 0 Å². The van der Waals surface area contributed by atoms with E-state index in [1.54, 1.807) is 0 Å². The Morgan fingerprint density at radius 3 is 3.00 bits per heavy atom. The molecule has 1 aliphatic heterocycles. The zero-order valence-corrected chi connectivity index (χ0v) is 11.0. The fourth-order valence-electron chi connectivity index (χ4n) is 3.93. The number of aliphatic hydroxyl groups is 1. The Morgan fingerprint density at radius 2 is 2.28 bits per heavy atom. The second-order valence-corrected chi connectivity index (χ2v) is 6.13. The van der Waals surface area contributed by atoms with E-state index in [0.717, 1.165) is 19.3 Å². The highest BCUT2D eigenvalue weighted by molar-refractivity contribution is 5.91. The number of ether oxygens (including phenoxy) is 1. The van der Waals surface area contributed by atoms with Crippen molar-refractivity contribution in [3.8, 4) is 0 Å². The Labute approximate surface area is 108 Å². The van der Waals surface area contributed by atoms with Crippen LogP contribution >= 0.6 is 0 Å². The van der Waals surface area contributed by atoms with E-state index < -0.39 is 6.10 Å². The third kappa shape index (κ3) is 1.31. The summed E-state index contributed by atoms with van der Waals surface area (Å²) in [6.07, 6.45) is 4.38. The second-order valence-electron chi connectivity index (χ2n) is 6.13. The molecule has 1 saturated carbocycles. The summed E-state index contributed by atoms with van der Waals surface area (Å²) in [4.78, 5) is 11.6. The first-order chi connectivity index (χ1) is 8.46. The Hall–Kier alpha value is -1.09. The largest absolute Gasteiger partial charge is 0.458 e. The van der Waals surface area contributed by atoms with Crippen LogP contribution in [0.25, 0.3) is 0 Å². The van der Waals surface area contributed by atoms with E-state index in [4.69, 9.17) is 4.74 Å². The van der Waals surface area contributed by atoms with E-state index in [1.807, 2.05) is 0 Å². The first-order valence-electron chi connectivity index (χ1n) is 6.73. The van der Waals surface area contributed by atoms with Crippen LogP contribution in [0.4, 0.5) is 0 Å². The van der Waals surface area contributed by atoms with Crippen LogP contribution in [-0.4, -0.2) is 23.3 Å². The molecule has 3 heteroatoms. The molecular formula is C15H20O3. The van der Waals surface area contributed by atoms with E-state index in [9.17, 15) is 9.90 Å². The van der Waals surface area contributed by atoms with Gasteiger partial charge in [0.2, 0.25) is 0 Å². The maximum atomic E-state index is 11.6. The molecule has 98 valence electrons. The van der Waals surface area contributed by atoms with E-state index in [1.165, 1.54) is 5.57 Å². The topological polar surface area (TPSA) is 46.5 Å². The van der Waals surface area contributed by atoms with Gasteiger partial charge in [-0.2, -0.15) is 0 Å². The highest BCUT2D eigenvalue weighted by Crippen LogP contribution is 2.55. The van der Waals surface area contributed by atoms with Gasteiger partial charge in [0.05, 0.1) is 12.0 Å². The average Bonchev–Trinajstić information content (AvgIpc) is 2.60. The van der Waals surface area contributed by atoms with Crippen molar-refractivity contribution in [3.05, 3.63) is 23.8 Å². The van der Waals surface area contributed by atoms with Gasteiger partial charge in [-0.1, -0.05) is 32.1 Å². The summed E-state index contributed by atoms with van der Waals surface area (Å²) in [5.41, 5.74) is 1.49. The molecule has 0 radical (unpaired) electrons. The van der Waals surface area contributed by atoms with Crippen molar-refractivity contribution in [1.29, 1.82) is 0 Å². The van der Waals surface area contributed by atoms with Gasteiger partial charge in [-0.3, -0.25) is 0 Å². The monoisotopic (exact) mass is 248 g/mol. The molecule has 0 aromatic heterocycles. The van der Waals surface area contributed by atoms with Crippen LogP contribution in [0.5, 0.6) is 0 Å². The molecule has 2 unspecified atom stereocenters. The molecule has 0 aromatic rings. The smallest absolute Gasteiger partial charge is 0.334 e. The minimum absolute atomic E-state index is 0.204. The van der Waals surface area contributed by atoms with Gasteiger partial charge in [-0.05, 0) is 18.8 Å². The summed E-state index contributed by atoms with van der Waals surface area (Å²) in [7, 11) is 0. The highest BCUT2D eigenvalue weighted by Gasteiger charge is 2.57. The maximum absolute atomic E-state index is 11.6. The molecule has 1 saturated heterocycles. The van der Waals surface area contributed by atoms with Crippen LogP contribution in [0.15, 0.2) is 23.8 Å². The zero-order chi connectivity index (χ0) is 13.1. The molecule has 0 amide bonds. The fourth-order valence-corrected chi connectivity index (χ4v) is 3.93. The molecule has 0 spiro atoms. The first kappa shape index (κ1) is 12.0. The summed E-state index contributed by atoms with van der Waals surface area (Å²) in [6, 6.07) is 0. The number of esters is 1. The Balaban J connectivity index is 2.04. The van der Waals surface area contributed by atoms with E-state index >= 15 is 0 Å². The van der Waals surface area contributed by atoms with Crippen molar-refractivity contribution < 1.29 is 14.6 Å².